The fourth-order valence-electron chi connectivity index (χ4n) is 1.69. The molecule has 5 nitrogen and oxygen atoms in total. The van der Waals surface area contributed by atoms with Crippen molar-refractivity contribution < 1.29 is 22.7 Å². The molecule has 0 radical (unpaired) electrons. The van der Waals surface area contributed by atoms with Gasteiger partial charge in [0.1, 0.15) is 0 Å². The minimum atomic E-state index is -2.13. The first-order chi connectivity index (χ1) is 10.0. The van der Waals surface area contributed by atoms with Gasteiger partial charge < -0.3 is 14.6 Å². The van der Waals surface area contributed by atoms with Crippen molar-refractivity contribution in [3.63, 3.8) is 0 Å². The maximum absolute atomic E-state index is 13.5. The van der Waals surface area contributed by atoms with Gasteiger partial charge in [0, 0.05) is 11.3 Å². The van der Waals surface area contributed by atoms with E-state index in [0.29, 0.717) is 5.69 Å². The number of hydrogen-bond acceptors (Lipinski definition) is 3. The van der Waals surface area contributed by atoms with Crippen LogP contribution in [0.15, 0.2) is 47.4 Å². The quantitative estimate of drug-likeness (QED) is 0.851. The van der Waals surface area contributed by atoms with Crippen LogP contribution in [0.1, 0.15) is 10.4 Å². The summed E-state index contributed by atoms with van der Waals surface area (Å²) in [7, 11) is 1.33. The molecule has 0 bridgehead atoms. The first-order valence-electron chi connectivity index (χ1n) is 5.87. The van der Waals surface area contributed by atoms with Crippen LogP contribution in [0, 0.1) is 5.82 Å². The van der Waals surface area contributed by atoms with Crippen molar-refractivity contribution in [1.82, 2.24) is 0 Å². The molecular formula is C14H12FNO4S. The van der Waals surface area contributed by atoms with E-state index in [-0.39, 0.29) is 16.2 Å². The van der Waals surface area contributed by atoms with Crippen LogP contribution in [0.5, 0.6) is 5.75 Å². The molecule has 0 saturated heterocycles. The number of nitrogens with one attached hydrogen (secondary N) is 1. The highest BCUT2D eigenvalue weighted by atomic mass is 32.2. The van der Waals surface area contributed by atoms with Gasteiger partial charge in [-0.25, -0.2) is 8.60 Å². The monoisotopic (exact) mass is 309 g/mol. The molecule has 0 heterocycles. The van der Waals surface area contributed by atoms with E-state index in [9.17, 15) is 13.4 Å². The molecular weight excluding hydrogens is 297 g/mol. The predicted molar refractivity (Wildman–Crippen MR) is 76.4 cm³/mol. The minimum Gasteiger partial charge on any atom is -0.494 e. The molecule has 1 unspecified atom stereocenters. The van der Waals surface area contributed by atoms with Gasteiger partial charge >= 0.3 is 0 Å². The third kappa shape index (κ3) is 3.65. The first kappa shape index (κ1) is 15.1. The molecule has 0 aliphatic carbocycles. The van der Waals surface area contributed by atoms with Gasteiger partial charge in [0.15, 0.2) is 22.6 Å². The third-order valence-corrected chi connectivity index (χ3v) is 3.36. The van der Waals surface area contributed by atoms with Crippen LogP contribution in [-0.4, -0.2) is 21.8 Å². The fraction of sp³-hybridized carbons (Fsp3) is 0.0714. The molecule has 2 aromatic carbocycles. The number of rotatable bonds is 4. The summed E-state index contributed by atoms with van der Waals surface area (Å²) in [6.07, 6.45) is 0. The number of hydrogen-bond donors (Lipinski definition) is 2. The molecule has 1 atom stereocenters. The highest BCUT2D eigenvalue weighted by Crippen LogP contribution is 2.19. The fourth-order valence-corrected chi connectivity index (χ4v) is 2.12. The molecule has 110 valence electrons. The summed E-state index contributed by atoms with van der Waals surface area (Å²) >= 11 is -2.13. The van der Waals surface area contributed by atoms with Crippen molar-refractivity contribution in [2.75, 3.05) is 12.4 Å². The Kier molecular flexibility index (Phi) is 4.66. The van der Waals surface area contributed by atoms with Crippen molar-refractivity contribution in [2.45, 2.75) is 4.90 Å². The highest BCUT2D eigenvalue weighted by molar-refractivity contribution is 7.79. The molecule has 0 spiro atoms. The molecule has 0 saturated carbocycles. The second-order valence-electron chi connectivity index (χ2n) is 4.08. The summed E-state index contributed by atoms with van der Waals surface area (Å²) in [5.74, 6) is -1.13. The molecule has 7 heteroatoms. The average Bonchev–Trinajstić information content (AvgIpc) is 2.47. The molecule has 2 aromatic rings. The Labute approximate surface area is 123 Å². The summed E-state index contributed by atoms with van der Waals surface area (Å²) in [5.41, 5.74) is 0.458. The molecule has 1 amide bonds. The maximum atomic E-state index is 13.5. The number of ether oxygens (including phenoxy) is 1. The number of amides is 1. The van der Waals surface area contributed by atoms with Crippen molar-refractivity contribution in [2.24, 2.45) is 0 Å². The summed E-state index contributed by atoms with van der Waals surface area (Å²) in [5, 5.41) is 2.53. The number of anilines is 1. The number of carbonyl (C=O) groups excluding carboxylic acids is 1. The Balaban J connectivity index is 2.20. The number of halogens is 1. The zero-order valence-electron chi connectivity index (χ0n) is 11.0. The van der Waals surface area contributed by atoms with Crippen LogP contribution in [0.2, 0.25) is 0 Å². The lowest BCUT2D eigenvalue weighted by molar-refractivity contribution is 0.102. The topological polar surface area (TPSA) is 75.6 Å². The van der Waals surface area contributed by atoms with E-state index in [1.807, 2.05) is 0 Å². The van der Waals surface area contributed by atoms with E-state index in [0.717, 1.165) is 6.07 Å². The Morgan fingerprint density at radius 1 is 1.29 bits per heavy atom. The molecule has 0 fully saturated rings. The van der Waals surface area contributed by atoms with E-state index in [1.54, 1.807) is 6.07 Å². The Bertz CT molecular complexity index is 705. The van der Waals surface area contributed by atoms with Crippen molar-refractivity contribution in [3.8, 4) is 5.75 Å². The third-order valence-electron chi connectivity index (χ3n) is 2.71. The second-order valence-corrected chi connectivity index (χ2v) is 5.05. The van der Waals surface area contributed by atoms with E-state index < -0.39 is 22.8 Å². The number of carbonyl (C=O) groups is 1. The maximum Gasteiger partial charge on any atom is 0.255 e. The van der Waals surface area contributed by atoms with Gasteiger partial charge in [-0.05, 0) is 36.4 Å². The van der Waals surface area contributed by atoms with Crippen LogP contribution in [0.3, 0.4) is 0 Å². The van der Waals surface area contributed by atoms with Gasteiger partial charge in [0.2, 0.25) is 0 Å². The largest absolute Gasteiger partial charge is 0.494 e. The number of methoxy groups -OCH3 is 1. The van der Waals surface area contributed by atoms with Gasteiger partial charge in [-0.2, -0.15) is 0 Å². The minimum absolute atomic E-state index is 0.0456. The Hall–Kier alpha value is -2.25. The van der Waals surface area contributed by atoms with Crippen LogP contribution >= 0.6 is 0 Å². The lowest BCUT2D eigenvalue weighted by Crippen LogP contribution is -2.12. The highest BCUT2D eigenvalue weighted by Gasteiger charge is 2.11. The molecule has 2 N–H and O–H groups in total. The van der Waals surface area contributed by atoms with Gasteiger partial charge in [-0.3, -0.25) is 4.79 Å². The van der Waals surface area contributed by atoms with E-state index in [2.05, 4.69) is 5.32 Å². The molecule has 0 aliphatic heterocycles. The summed E-state index contributed by atoms with van der Waals surface area (Å²) in [4.78, 5) is 12.2. The van der Waals surface area contributed by atoms with Crippen molar-refractivity contribution >= 4 is 22.7 Å². The van der Waals surface area contributed by atoms with Gasteiger partial charge in [0.25, 0.3) is 5.91 Å². The van der Waals surface area contributed by atoms with Crippen LogP contribution in [0.25, 0.3) is 0 Å². The van der Waals surface area contributed by atoms with Gasteiger partial charge in [-0.1, -0.05) is 6.07 Å². The predicted octanol–water partition coefficient (Wildman–Crippen LogP) is 2.67. The zero-order valence-corrected chi connectivity index (χ0v) is 11.8. The van der Waals surface area contributed by atoms with E-state index >= 15 is 0 Å². The van der Waals surface area contributed by atoms with Gasteiger partial charge in [-0.15, -0.1) is 0 Å². The molecule has 21 heavy (non-hydrogen) atoms. The smallest absolute Gasteiger partial charge is 0.255 e. The molecule has 2 rings (SSSR count). The summed E-state index contributed by atoms with van der Waals surface area (Å²) in [6, 6.07) is 9.76. The summed E-state index contributed by atoms with van der Waals surface area (Å²) in [6.45, 7) is 0. The standard InChI is InChI=1S/C14H12FNO4S/c1-20-13-6-5-9(7-12(13)15)14(17)16-10-3-2-4-11(8-10)21(18)19/h2-8H,1H3,(H,16,17)(H,18,19). The first-order valence-corrected chi connectivity index (χ1v) is 6.97. The van der Waals surface area contributed by atoms with Crippen molar-refractivity contribution in [3.05, 3.63) is 53.8 Å². The van der Waals surface area contributed by atoms with E-state index in [1.165, 1.54) is 37.4 Å². The SMILES string of the molecule is COc1ccc(C(=O)Nc2cccc(S(=O)O)c2)cc1F. The summed E-state index contributed by atoms with van der Waals surface area (Å²) < 4.78 is 38.3. The van der Waals surface area contributed by atoms with Crippen LogP contribution in [0.4, 0.5) is 10.1 Å². The zero-order chi connectivity index (χ0) is 15.4. The van der Waals surface area contributed by atoms with Crippen molar-refractivity contribution in [1.29, 1.82) is 0 Å². The lowest BCUT2D eigenvalue weighted by atomic mass is 10.2. The Morgan fingerprint density at radius 3 is 2.67 bits per heavy atom. The van der Waals surface area contributed by atoms with Crippen LogP contribution in [-0.2, 0) is 11.1 Å². The lowest BCUT2D eigenvalue weighted by Gasteiger charge is -2.07. The Morgan fingerprint density at radius 2 is 2.05 bits per heavy atom. The molecule has 0 aromatic heterocycles. The average molecular weight is 309 g/mol. The van der Waals surface area contributed by atoms with Crippen LogP contribution < -0.4 is 10.1 Å². The van der Waals surface area contributed by atoms with E-state index in [4.69, 9.17) is 9.29 Å². The second kappa shape index (κ2) is 6.47. The number of benzene rings is 2. The molecule has 0 aliphatic rings. The normalized spacial score (nSPS) is 11.8. The van der Waals surface area contributed by atoms with Gasteiger partial charge in [0.05, 0.1) is 12.0 Å².